The van der Waals surface area contributed by atoms with E-state index in [0.717, 1.165) is 40.2 Å². The summed E-state index contributed by atoms with van der Waals surface area (Å²) in [5.41, 5.74) is 3.39. The van der Waals surface area contributed by atoms with Crippen LogP contribution in [0.4, 0.5) is 11.4 Å². The molecular weight excluding hydrogens is 588 g/mol. The summed E-state index contributed by atoms with van der Waals surface area (Å²) in [7, 11) is 0. The van der Waals surface area contributed by atoms with Crippen molar-refractivity contribution in [2.75, 3.05) is 0 Å². The Morgan fingerprint density at radius 3 is 2.62 bits per heavy atom. The van der Waals surface area contributed by atoms with E-state index in [-0.39, 0.29) is 15.8 Å². The monoisotopic (exact) mass is 604 g/mol. The summed E-state index contributed by atoms with van der Waals surface area (Å²) < 4.78 is 2.10. The van der Waals surface area contributed by atoms with Crippen molar-refractivity contribution in [2.45, 2.75) is 18.9 Å². The second-order valence-electron chi connectivity index (χ2n) is 9.09. The van der Waals surface area contributed by atoms with Gasteiger partial charge in [0, 0.05) is 33.8 Å². The van der Waals surface area contributed by atoms with Gasteiger partial charge in [-0.05, 0) is 41.7 Å². The van der Waals surface area contributed by atoms with Crippen LogP contribution in [0, 0.1) is 20.2 Å². The number of aromatic hydroxyl groups is 1. The normalized spacial score (nSPS) is 16.2. The van der Waals surface area contributed by atoms with Crippen LogP contribution in [0.1, 0.15) is 34.7 Å². The number of allylic oxidation sites excluding steroid dienone is 1. The van der Waals surface area contributed by atoms with Gasteiger partial charge in [0.2, 0.25) is 5.75 Å². The number of phenolic OH excluding ortho intramolecular Hbond substituents is 1. The summed E-state index contributed by atoms with van der Waals surface area (Å²) >= 11 is 4.31. The van der Waals surface area contributed by atoms with Crippen LogP contribution >= 0.6 is 27.3 Å². The van der Waals surface area contributed by atoms with Gasteiger partial charge in [-0.1, -0.05) is 63.7 Å². The van der Waals surface area contributed by atoms with Crippen LogP contribution in [0.3, 0.4) is 0 Å². The Labute approximate surface area is 231 Å². The molecule has 0 radical (unpaired) electrons. The van der Waals surface area contributed by atoms with Gasteiger partial charge in [0.1, 0.15) is 0 Å². The fourth-order valence-electron chi connectivity index (χ4n) is 5.13. The number of nitro benzene ring substituents is 2. The van der Waals surface area contributed by atoms with Gasteiger partial charge >= 0.3 is 5.69 Å². The first kappa shape index (κ1) is 24.9. The minimum atomic E-state index is -0.702. The first-order valence-electron chi connectivity index (χ1n) is 11.8. The van der Waals surface area contributed by atoms with Crippen LogP contribution < -0.4 is 14.9 Å². The number of rotatable bonds is 4. The highest BCUT2D eigenvalue weighted by atomic mass is 79.9. The Hall–Kier alpha value is -4.42. The maximum Gasteiger partial charge on any atom is 0.312 e. The van der Waals surface area contributed by atoms with Crippen molar-refractivity contribution in [3.63, 3.8) is 0 Å². The van der Waals surface area contributed by atoms with Gasteiger partial charge in [0.15, 0.2) is 4.80 Å². The van der Waals surface area contributed by atoms with Crippen molar-refractivity contribution < 1.29 is 15.0 Å². The minimum Gasteiger partial charge on any atom is -0.502 e. The van der Waals surface area contributed by atoms with Gasteiger partial charge in [0.05, 0.1) is 26.1 Å². The average Bonchev–Trinajstić information content (AvgIpc) is 3.23. The van der Waals surface area contributed by atoms with Crippen LogP contribution in [-0.4, -0.2) is 19.5 Å². The lowest BCUT2D eigenvalue weighted by atomic mass is 9.83. The van der Waals surface area contributed by atoms with E-state index in [1.54, 1.807) is 12.1 Å². The molecule has 12 heteroatoms. The predicted molar refractivity (Wildman–Crippen MR) is 148 cm³/mol. The molecule has 194 valence electrons. The molecule has 1 N–H and O–H groups in total. The Balaban J connectivity index is 1.63. The smallest absolute Gasteiger partial charge is 0.312 e. The molecule has 2 aliphatic rings. The largest absolute Gasteiger partial charge is 0.502 e. The Morgan fingerprint density at radius 2 is 1.85 bits per heavy atom. The summed E-state index contributed by atoms with van der Waals surface area (Å²) in [6.07, 6.45) is 2.75. The van der Waals surface area contributed by atoms with E-state index in [0.29, 0.717) is 21.3 Å². The topological polar surface area (TPSA) is 141 Å². The molecule has 0 unspecified atom stereocenters. The molecule has 0 amide bonds. The molecule has 39 heavy (non-hydrogen) atoms. The van der Waals surface area contributed by atoms with E-state index >= 15 is 0 Å². The SMILES string of the molecule is O=c1/c(=C/c2cc(Br)cc([N+](=O)[O-])c2O)sc2n1[C@H](c1cccc([N+](=O)[O-])c1)C1=C(N=2)c2ccccc2CC1. The minimum absolute atomic E-state index is 0.0867. The molecule has 0 saturated heterocycles. The highest BCUT2D eigenvalue weighted by molar-refractivity contribution is 9.10. The molecule has 4 aromatic rings. The number of hydrogen-bond donors (Lipinski definition) is 1. The van der Waals surface area contributed by atoms with Crippen molar-refractivity contribution in [3.05, 3.63) is 133 Å². The quantitative estimate of drug-likeness (QED) is 0.266. The highest BCUT2D eigenvalue weighted by Crippen LogP contribution is 2.41. The number of thiazole rings is 1. The van der Waals surface area contributed by atoms with E-state index in [1.807, 2.05) is 24.3 Å². The molecule has 10 nitrogen and oxygen atoms in total. The predicted octanol–water partition coefficient (Wildman–Crippen LogP) is 4.60. The van der Waals surface area contributed by atoms with Gasteiger partial charge in [0.25, 0.3) is 11.2 Å². The zero-order chi connectivity index (χ0) is 27.4. The molecule has 3 aromatic carbocycles. The molecule has 0 bridgehead atoms. The number of phenols is 1. The number of non-ortho nitro benzene ring substituents is 1. The van der Waals surface area contributed by atoms with E-state index in [9.17, 15) is 30.1 Å². The number of aromatic nitrogens is 1. The number of nitrogens with zero attached hydrogens (tertiary/aromatic N) is 4. The summed E-state index contributed by atoms with van der Waals surface area (Å²) in [5.74, 6) is -0.558. The summed E-state index contributed by atoms with van der Waals surface area (Å²) in [6.45, 7) is 0. The van der Waals surface area contributed by atoms with Crippen LogP contribution in [0.15, 0.2) is 80.5 Å². The maximum absolute atomic E-state index is 13.9. The number of benzene rings is 3. The molecule has 2 heterocycles. The Kier molecular flexibility index (Phi) is 6.00. The lowest BCUT2D eigenvalue weighted by molar-refractivity contribution is -0.386. The van der Waals surface area contributed by atoms with Crippen molar-refractivity contribution in [1.29, 1.82) is 0 Å². The first-order chi connectivity index (χ1) is 18.7. The number of aryl methyl sites for hydroxylation is 1. The number of fused-ring (bicyclic) bond motifs is 3. The second-order valence-corrected chi connectivity index (χ2v) is 11.0. The molecule has 1 aliphatic carbocycles. The van der Waals surface area contributed by atoms with E-state index in [1.165, 1.54) is 34.9 Å². The summed E-state index contributed by atoms with van der Waals surface area (Å²) in [6, 6.07) is 16.2. The van der Waals surface area contributed by atoms with Crippen molar-refractivity contribution in [2.24, 2.45) is 4.99 Å². The van der Waals surface area contributed by atoms with Gasteiger partial charge in [-0.25, -0.2) is 4.99 Å². The fourth-order valence-corrected chi connectivity index (χ4v) is 6.58. The molecule has 0 fully saturated rings. The van der Waals surface area contributed by atoms with Crippen molar-refractivity contribution in [3.8, 4) is 5.75 Å². The van der Waals surface area contributed by atoms with Crippen LogP contribution in [0.2, 0.25) is 0 Å². The van der Waals surface area contributed by atoms with Crippen LogP contribution in [-0.2, 0) is 6.42 Å². The van der Waals surface area contributed by atoms with Crippen molar-refractivity contribution in [1.82, 2.24) is 4.57 Å². The summed E-state index contributed by atoms with van der Waals surface area (Å²) in [5, 5.41) is 33.5. The summed E-state index contributed by atoms with van der Waals surface area (Å²) in [4.78, 5) is 40.9. The second kappa shape index (κ2) is 9.40. The number of nitro groups is 2. The first-order valence-corrected chi connectivity index (χ1v) is 13.4. The molecular formula is C27H17BrN4O6S. The van der Waals surface area contributed by atoms with E-state index in [2.05, 4.69) is 15.9 Å². The van der Waals surface area contributed by atoms with E-state index < -0.39 is 32.9 Å². The fraction of sp³-hybridized carbons (Fsp3) is 0.111. The van der Waals surface area contributed by atoms with Gasteiger partial charge < -0.3 is 5.11 Å². The van der Waals surface area contributed by atoms with Crippen LogP contribution in [0.5, 0.6) is 5.75 Å². The maximum atomic E-state index is 13.9. The lowest BCUT2D eigenvalue weighted by Crippen LogP contribution is -2.38. The molecule has 6 rings (SSSR count). The third kappa shape index (κ3) is 4.17. The van der Waals surface area contributed by atoms with E-state index in [4.69, 9.17) is 4.99 Å². The number of halogens is 1. The molecule has 0 saturated carbocycles. The van der Waals surface area contributed by atoms with Gasteiger partial charge in [-0.3, -0.25) is 29.6 Å². The molecule has 0 spiro atoms. The molecule has 1 aromatic heterocycles. The van der Waals surface area contributed by atoms with Gasteiger partial charge in [-0.15, -0.1) is 0 Å². The zero-order valence-corrected chi connectivity index (χ0v) is 22.3. The Morgan fingerprint density at radius 1 is 1.05 bits per heavy atom. The number of hydrogen-bond acceptors (Lipinski definition) is 8. The third-order valence-corrected chi connectivity index (χ3v) is 8.28. The standard InChI is InChI=1S/C27H17BrN4O6S/c28-17-10-16(25(33)21(13-17)32(37)38)12-22-26(34)30-24(15-5-3-6-18(11-15)31(35)36)20-9-8-14-4-1-2-7-19(14)23(20)29-27(30)39-22/h1-7,10-13,24,33H,8-9H2/b22-12-/t24-/m1/s1. The third-order valence-electron chi connectivity index (χ3n) is 6.84. The Bertz CT molecular complexity index is 1940. The molecule has 1 aliphatic heterocycles. The highest BCUT2D eigenvalue weighted by Gasteiger charge is 2.33. The lowest BCUT2D eigenvalue weighted by Gasteiger charge is -2.30. The molecule has 1 atom stereocenters. The average molecular weight is 605 g/mol. The van der Waals surface area contributed by atoms with Crippen LogP contribution in [0.25, 0.3) is 11.8 Å². The van der Waals surface area contributed by atoms with Gasteiger partial charge in [-0.2, -0.15) is 0 Å². The van der Waals surface area contributed by atoms with Crippen molar-refractivity contribution >= 4 is 50.4 Å². The zero-order valence-electron chi connectivity index (χ0n) is 19.9.